The number of ether oxygens (including phenoxy) is 1. The van der Waals surface area contributed by atoms with Gasteiger partial charge in [0.05, 0.1) is 63.0 Å². The number of piperazine rings is 1. The Kier molecular flexibility index (Phi) is 30.5. The number of carboxylic acids is 3. The van der Waals surface area contributed by atoms with E-state index in [1.165, 1.54) is 31.1 Å². The Balaban J connectivity index is 0.920. The van der Waals surface area contributed by atoms with Crippen molar-refractivity contribution in [2.75, 3.05) is 151 Å². The molecule has 3 aromatic rings. The summed E-state index contributed by atoms with van der Waals surface area (Å²) in [5.41, 5.74) is 3.11. The van der Waals surface area contributed by atoms with Crippen LogP contribution in [0, 0.1) is 6.92 Å². The lowest BCUT2D eigenvalue weighted by atomic mass is 10.1. The zero-order chi connectivity index (χ0) is 66.4. The van der Waals surface area contributed by atoms with Gasteiger partial charge < -0.3 is 51.1 Å². The van der Waals surface area contributed by atoms with Gasteiger partial charge in [-0.25, -0.2) is 8.78 Å². The number of aliphatic carboxylic acids is 3. The van der Waals surface area contributed by atoms with E-state index in [2.05, 4.69) is 48.3 Å². The Morgan fingerprint density at radius 1 is 0.663 bits per heavy atom. The quantitative estimate of drug-likeness (QED) is 0.0332. The number of unbranched alkanes of at least 4 members (excludes halogenated alkanes) is 3. The van der Waals surface area contributed by atoms with Gasteiger partial charge in [-0.05, 0) is 88.1 Å². The maximum absolute atomic E-state index is 14.1. The first-order chi connectivity index (χ1) is 44.1. The number of amides is 6. The van der Waals surface area contributed by atoms with Crippen LogP contribution in [0.5, 0.6) is 5.75 Å². The number of hydrogen-bond acceptors (Lipinski definition) is 17. The number of carbonyl (C=O) groups excluding carboxylic acids is 6. The van der Waals surface area contributed by atoms with Crippen LogP contribution in [0.2, 0.25) is 0 Å². The van der Waals surface area contributed by atoms with Crippen LogP contribution in [0.1, 0.15) is 92.1 Å². The van der Waals surface area contributed by atoms with E-state index in [9.17, 15) is 67.3 Å². The molecule has 0 aliphatic carbocycles. The Labute approximate surface area is 536 Å². The van der Waals surface area contributed by atoms with Crippen LogP contribution in [0.4, 0.5) is 8.78 Å². The van der Waals surface area contributed by atoms with Gasteiger partial charge in [0.15, 0.2) is 0 Å². The largest absolute Gasteiger partial charge is 0.494 e. The predicted octanol–water partition coefficient (Wildman–Crippen LogP) is 2.07. The van der Waals surface area contributed by atoms with E-state index in [1.807, 2.05) is 24.0 Å². The highest BCUT2D eigenvalue weighted by Crippen LogP contribution is 2.31. The Morgan fingerprint density at radius 3 is 1.88 bits per heavy atom. The van der Waals surface area contributed by atoms with E-state index in [0.29, 0.717) is 120 Å². The van der Waals surface area contributed by atoms with Gasteiger partial charge >= 0.3 is 17.9 Å². The zero-order valence-corrected chi connectivity index (χ0v) is 53.2. The van der Waals surface area contributed by atoms with Gasteiger partial charge in [0.1, 0.15) is 11.8 Å². The number of benzene rings is 2. The van der Waals surface area contributed by atoms with Gasteiger partial charge in [-0.2, -0.15) is 0 Å². The summed E-state index contributed by atoms with van der Waals surface area (Å²) in [7, 11) is 1.45. The minimum absolute atomic E-state index is 0.0550. The van der Waals surface area contributed by atoms with Crippen molar-refractivity contribution in [3.8, 4) is 5.75 Å². The number of carbonyl (C=O) groups is 9. The molecule has 28 heteroatoms. The summed E-state index contributed by atoms with van der Waals surface area (Å²) in [5.74, 6) is -7.80. The summed E-state index contributed by atoms with van der Waals surface area (Å²) in [6.07, 6.45) is 8.35. The molecule has 7 N–H and O–H groups in total. The second-order valence-electron chi connectivity index (χ2n) is 23.9. The minimum Gasteiger partial charge on any atom is -0.494 e. The highest BCUT2D eigenvalue weighted by atomic mass is 19.3. The number of carboxylic acid groups (broad SMARTS) is 3. The number of nitrogens with one attached hydrogen (secondary N) is 4. The van der Waals surface area contributed by atoms with Crippen molar-refractivity contribution in [2.45, 2.75) is 102 Å². The van der Waals surface area contributed by atoms with Crippen molar-refractivity contribution in [2.24, 2.45) is 4.99 Å². The normalized spacial score (nSPS) is 17.8. The minimum atomic E-state index is -3.05. The van der Waals surface area contributed by atoms with Crippen molar-refractivity contribution in [3.05, 3.63) is 71.4 Å². The van der Waals surface area contributed by atoms with Crippen molar-refractivity contribution in [1.82, 2.24) is 60.6 Å². The smallest absolute Gasteiger partial charge is 0.317 e. The topological polar surface area (TPSA) is 320 Å². The van der Waals surface area contributed by atoms with Crippen molar-refractivity contribution in [3.63, 3.8) is 0 Å². The number of aryl methyl sites for hydroxylation is 2. The number of pyridine rings is 1. The summed E-state index contributed by atoms with van der Waals surface area (Å²) >= 11 is 0. The lowest BCUT2D eigenvalue weighted by Gasteiger charge is -2.34. The molecule has 0 radical (unpaired) electrons. The van der Waals surface area contributed by atoms with Crippen molar-refractivity contribution in [1.29, 1.82) is 0 Å². The number of likely N-dealkylation sites (tertiary alicyclic amines) is 1. The molecule has 2 aromatic carbocycles. The van der Waals surface area contributed by atoms with E-state index >= 15 is 0 Å². The molecule has 6 rings (SSSR count). The Hall–Kier alpha value is -7.79. The third-order valence-electron chi connectivity index (χ3n) is 16.5. The highest BCUT2D eigenvalue weighted by Gasteiger charge is 2.46. The molecule has 4 heterocycles. The first kappa shape index (κ1) is 73.3. The number of rotatable bonds is 34. The third kappa shape index (κ3) is 26.4. The second-order valence-corrected chi connectivity index (χ2v) is 23.9. The molecule has 3 saturated heterocycles. The van der Waals surface area contributed by atoms with E-state index in [-0.39, 0.29) is 108 Å². The molecule has 0 saturated carbocycles. The molecule has 1 unspecified atom stereocenters. The number of alkyl halides is 2. The van der Waals surface area contributed by atoms with Gasteiger partial charge in [-0.15, -0.1) is 0 Å². The van der Waals surface area contributed by atoms with Gasteiger partial charge in [-0.1, -0.05) is 36.2 Å². The maximum Gasteiger partial charge on any atom is 0.317 e. The number of halogens is 2. The summed E-state index contributed by atoms with van der Waals surface area (Å²) in [6.45, 7) is 5.84. The Morgan fingerprint density at radius 2 is 1.26 bits per heavy atom. The zero-order valence-electron chi connectivity index (χ0n) is 53.2. The standard InChI is InChI=1S/C64H93F2N13O13/c1-47-14-16-48(17-15-47)10-8-12-55(80)69-21-7-5-11-54(72-56(81)42-74-25-27-75(43-59(84)85)29-31-77(45-61(88)89)32-30-76(28-26-74)44-60(86)87)63(91)70-22-6-3-4-13-57(82)78-35-33-73(34-36-78)24-9-37-92-50-18-19-53-52(38-50)51(20-23-68-53)62(90)71-41-58(83)79-46-64(65,66)39-49(79)40-67-2/h14-20,23,38,40,49,54H,3-13,21-22,24-37,39,41-46H2,1-2H3,(H,69,80)(H,70,91)(H,71,90)(H,72,81)(H,84,85)(H,86,87)(H,88,89)/b67-40+/t49-,54?/m1/s1. The van der Waals surface area contributed by atoms with Crippen LogP contribution >= 0.6 is 0 Å². The van der Waals surface area contributed by atoms with Gasteiger partial charge in [0.2, 0.25) is 29.5 Å². The van der Waals surface area contributed by atoms with Crippen molar-refractivity contribution >= 4 is 70.5 Å². The lowest BCUT2D eigenvalue weighted by molar-refractivity contribution is -0.140. The van der Waals surface area contributed by atoms with Crippen LogP contribution in [0.15, 0.2) is 59.7 Å². The molecule has 506 valence electrons. The molecular weight excluding hydrogens is 1200 g/mol. The molecule has 3 aliphatic heterocycles. The molecule has 2 atom stereocenters. The van der Waals surface area contributed by atoms with Crippen LogP contribution in [0.3, 0.4) is 0 Å². The second kappa shape index (κ2) is 38.3. The molecule has 0 spiro atoms. The maximum atomic E-state index is 14.1. The van der Waals surface area contributed by atoms with Crippen LogP contribution in [-0.4, -0.2) is 283 Å². The van der Waals surface area contributed by atoms with Gasteiger partial charge in [0.25, 0.3) is 11.8 Å². The summed E-state index contributed by atoms with van der Waals surface area (Å²) in [6, 6.07) is 13.1. The number of nitrogens with zero attached hydrogens (tertiary/aromatic N) is 9. The molecule has 3 aliphatic rings. The first-order valence-electron chi connectivity index (χ1n) is 32.0. The molecule has 1 aromatic heterocycles. The average Bonchev–Trinajstić information content (AvgIpc) is 1.23. The fourth-order valence-corrected chi connectivity index (χ4v) is 11.5. The number of fused-ring (bicyclic) bond motifs is 1. The van der Waals surface area contributed by atoms with Crippen LogP contribution < -0.4 is 26.0 Å². The summed E-state index contributed by atoms with van der Waals surface area (Å²) < 4.78 is 34.3. The summed E-state index contributed by atoms with van der Waals surface area (Å²) in [4.78, 5) is 135. The van der Waals surface area contributed by atoms with Gasteiger partial charge in [0, 0.05) is 142 Å². The highest BCUT2D eigenvalue weighted by molar-refractivity contribution is 6.07. The van der Waals surface area contributed by atoms with Gasteiger partial charge in [-0.3, -0.25) is 77.6 Å². The number of aromatic nitrogens is 1. The first-order valence-corrected chi connectivity index (χ1v) is 32.0. The van der Waals surface area contributed by atoms with E-state index in [4.69, 9.17) is 4.74 Å². The molecular formula is C64H93F2N13O13. The van der Waals surface area contributed by atoms with E-state index in [1.54, 1.807) is 37.8 Å². The number of hydrogen-bond donors (Lipinski definition) is 7. The van der Waals surface area contributed by atoms with Crippen molar-refractivity contribution < 1.29 is 72.0 Å². The van der Waals surface area contributed by atoms with Crippen LogP contribution in [-0.2, 0) is 44.8 Å². The fraction of sp³-hybridized carbons (Fsp3) is 0.609. The average molecular weight is 1290 g/mol. The SMILES string of the molecule is C/N=C/[C@H]1CC(F)(F)CN1C(=O)CNC(=O)c1ccnc2ccc(OCCCN3CCN(C(=O)CCCCCNC(=O)C(CCCCNC(=O)CCCc4ccc(C)cc4)NC(=O)CN4CCN(CC(=O)O)CCN(CC(=O)O)CCN(CC(=O)O)CC4)CC3)cc12. The van der Waals surface area contributed by atoms with Crippen LogP contribution in [0.25, 0.3) is 10.9 Å². The molecule has 92 heavy (non-hydrogen) atoms. The molecule has 3 fully saturated rings. The molecule has 0 bridgehead atoms. The molecule has 26 nitrogen and oxygen atoms in total. The predicted molar refractivity (Wildman–Crippen MR) is 340 cm³/mol. The monoisotopic (exact) mass is 1290 g/mol. The van der Waals surface area contributed by atoms with E-state index < -0.39 is 73.1 Å². The third-order valence-corrected chi connectivity index (χ3v) is 16.5. The Bertz CT molecular complexity index is 2920. The number of aliphatic imine (C=N–C) groups is 1. The lowest BCUT2D eigenvalue weighted by Crippen LogP contribution is -2.52. The fourth-order valence-electron chi connectivity index (χ4n) is 11.5. The van der Waals surface area contributed by atoms with E-state index in [0.717, 1.165) is 23.4 Å². The molecule has 6 amide bonds. The summed E-state index contributed by atoms with van der Waals surface area (Å²) in [5, 5.41) is 40.7.